The first kappa shape index (κ1) is 16.4. The molecule has 7 heteroatoms. The molecule has 0 aliphatic carbocycles. The van der Waals surface area contributed by atoms with Crippen LogP contribution in [-0.2, 0) is 11.3 Å². The van der Waals surface area contributed by atoms with E-state index in [2.05, 4.69) is 20.0 Å². The lowest BCUT2D eigenvalue weighted by molar-refractivity contribution is 0.0606. The van der Waals surface area contributed by atoms with Gasteiger partial charge in [-0.2, -0.15) is 0 Å². The summed E-state index contributed by atoms with van der Waals surface area (Å²) < 4.78 is 4.66. The second kappa shape index (κ2) is 7.42. The number of esters is 1. The fourth-order valence-electron chi connectivity index (χ4n) is 2.12. The Hall–Kier alpha value is -2.44. The summed E-state index contributed by atoms with van der Waals surface area (Å²) in [4.78, 5) is 20.1. The number of carbonyl (C=O) groups excluding carboxylic acids is 1. The molecule has 0 saturated carbocycles. The second-order valence-corrected chi connectivity index (χ2v) is 6.28. The number of thiazole rings is 1. The van der Waals surface area contributed by atoms with Gasteiger partial charge in [-0.25, -0.2) is 9.78 Å². The zero-order chi connectivity index (χ0) is 16.9. The van der Waals surface area contributed by atoms with Gasteiger partial charge in [0.05, 0.1) is 7.11 Å². The third-order valence-electron chi connectivity index (χ3n) is 3.35. The van der Waals surface area contributed by atoms with Crippen LogP contribution in [0.2, 0.25) is 5.15 Å². The molecule has 1 N–H and O–H groups in total. The monoisotopic (exact) mass is 359 g/mol. The minimum atomic E-state index is -0.480. The van der Waals surface area contributed by atoms with Crippen LogP contribution in [0.3, 0.4) is 0 Å². The molecule has 24 heavy (non-hydrogen) atoms. The van der Waals surface area contributed by atoms with E-state index in [0.717, 1.165) is 16.7 Å². The molecule has 0 unspecified atom stereocenters. The highest BCUT2D eigenvalue weighted by Crippen LogP contribution is 2.28. The van der Waals surface area contributed by atoms with E-state index < -0.39 is 5.97 Å². The average Bonchev–Trinajstić information content (AvgIpc) is 3.01. The first-order valence-corrected chi connectivity index (χ1v) is 8.34. The average molecular weight is 360 g/mol. The van der Waals surface area contributed by atoms with Gasteiger partial charge in [-0.1, -0.05) is 53.3 Å². The van der Waals surface area contributed by atoms with Crippen LogP contribution in [0, 0.1) is 0 Å². The number of methoxy groups -OCH3 is 1. The highest BCUT2D eigenvalue weighted by Gasteiger charge is 2.17. The number of nitrogens with zero attached hydrogens (tertiary/aromatic N) is 2. The van der Waals surface area contributed by atoms with Gasteiger partial charge in [0.1, 0.15) is 0 Å². The van der Waals surface area contributed by atoms with Crippen molar-refractivity contribution < 1.29 is 9.53 Å². The van der Waals surface area contributed by atoms with Crippen molar-refractivity contribution in [2.24, 2.45) is 0 Å². The summed E-state index contributed by atoms with van der Waals surface area (Å²) in [7, 11) is 1.31. The number of ether oxygens (including phenoxy) is 1. The predicted octanol–water partition coefficient (Wildman–Crippen LogP) is 4.26. The number of hydrogen-bond acceptors (Lipinski definition) is 6. The zero-order valence-electron chi connectivity index (χ0n) is 12.8. The van der Waals surface area contributed by atoms with Crippen LogP contribution in [0.15, 0.2) is 48.8 Å². The number of benzene rings is 1. The normalized spacial score (nSPS) is 10.4. The third-order valence-corrected chi connectivity index (χ3v) is 4.73. The van der Waals surface area contributed by atoms with Crippen molar-refractivity contribution in [2.45, 2.75) is 6.54 Å². The van der Waals surface area contributed by atoms with Crippen molar-refractivity contribution in [3.05, 3.63) is 64.4 Å². The van der Waals surface area contributed by atoms with E-state index in [1.165, 1.54) is 18.4 Å². The van der Waals surface area contributed by atoms with Gasteiger partial charge < -0.3 is 10.1 Å². The Morgan fingerprint density at radius 3 is 2.71 bits per heavy atom. The van der Waals surface area contributed by atoms with E-state index in [1.54, 1.807) is 6.20 Å². The van der Waals surface area contributed by atoms with Crippen molar-refractivity contribution >= 4 is 34.0 Å². The summed E-state index contributed by atoms with van der Waals surface area (Å²) in [6.45, 7) is 0.581. The molecule has 3 aromatic rings. The lowest BCUT2D eigenvalue weighted by Gasteiger charge is -2.05. The molecule has 0 fully saturated rings. The van der Waals surface area contributed by atoms with Gasteiger partial charge in [-0.15, -0.1) is 0 Å². The first-order valence-electron chi connectivity index (χ1n) is 7.15. The third kappa shape index (κ3) is 3.72. The summed E-state index contributed by atoms with van der Waals surface area (Å²) in [5.41, 5.74) is 3.28. The topological polar surface area (TPSA) is 64.1 Å². The maximum absolute atomic E-state index is 11.5. The molecular formula is C17H14ClN3O2S. The maximum atomic E-state index is 11.5. The predicted molar refractivity (Wildman–Crippen MR) is 95.5 cm³/mol. The summed E-state index contributed by atoms with van der Waals surface area (Å²) >= 11 is 7.12. The molecule has 3 rings (SSSR count). The fourth-order valence-corrected chi connectivity index (χ4v) is 3.22. The van der Waals surface area contributed by atoms with Crippen LogP contribution < -0.4 is 5.32 Å². The molecule has 0 amide bonds. The Bertz CT molecular complexity index is 835. The molecule has 0 bridgehead atoms. The molecule has 0 spiro atoms. The molecule has 0 aliphatic rings. The van der Waals surface area contributed by atoms with Crippen molar-refractivity contribution in [3.8, 4) is 11.1 Å². The molecule has 0 saturated heterocycles. The number of halogens is 1. The number of anilines is 1. The number of rotatable bonds is 5. The molecule has 1 aromatic carbocycles. The molecule has 2 aromatic heterocycles. The smallest absolute Gasteiger partial charge is 0.351 e. The molecule has 122 valence electrons. The number of carbonyl (C=O) groups is 1. The Balaban J connectivity index is 1.66. The molecule has 2 heterocycles. The Labute approximate surface area is 148 Å². The van der Waals surface area contributed by atoms with E-state index in [-0.39, 0.29) is 5.15 Å². The zero-order valence-corrected chi connectivity index (χ0v) is 14.4. The minimum Gasteiger partial charge on any atom is -0.465 e. The number of hydrogen-bond donors (Lipinski definition) is 1. The Morgan fingerprint density at radius 1 is 1.25 bits per heavy atom. The van der Waals surface area contributed by atoms with Crippen molar-refractivity contribution in [1.29, 1.82) is 0 Å². The standard InChI is InChI=1S/C17H14ClN3O2S/c1-23-16(22)14-15(18)21-17(24-14)20-9-11-4-6-12(7-5-11)13-3-2-8-19-10-13/h2-8,10H,9H2,1H3,(H,20,21). The van der Waals surface area contributed by atoms with Crippen LogP contribution in [0.25, 0.3) is 11.1 Å². The van der Waals surface area contributed by atoms with Crippen LogP contribution in [0.1, 0.15) is 15.2 Å². The van der Waals surface area contributed by atoms with Crippen molar-refractivity contribution in [3.63, 3.8) is 0 Å². The quantitative estimate of drug-likeness (QED) is 0.689. The summed E-state index contributed by atoms with van der Waals surface area (Å²) in [5.74, 6) is -0.480. The Kier molecular flexibility index (Phi) is 5.08. The molecular weight excluding hydrogens is 346 g/mol. The highest BCUT2D eigenvalue weighted by molar-refractivity contribution is 7.18. The van der Waals surface area contributed by atoms with Crippen LogP contribution in [0.4, 0.5) is 5.13 Å². The molecule has 0 atom stereocenters. The summed E-state index contributed by atoms with van der Waals surface area (Å²) in [5, 5.41) is 3.90. The minimum absolute atomic E-state index is 0.154. The van der Waals surface area contributed by atoms with E-state index in [4.69, 9.17) is 11.6 Å². The largest absolute Gasteiger partial charge is 0.465 e. The van der Waals surface area contributed by atoms with Gasteiger partial charge in [0.15, 0.2) is 15.2 Å². The van der Waals surface area contributed by atoms with E-state index in [1.807, 2.05) is 42.6 Å². The van der Waals surface area contributed by atoms with Gasteiger partial charge in [-0.3, -0.25) is 4.98 Å². The summed E-state index contributed by atoms with van der Waals surface area (Å²) in [6, 6.07) is 12.1. The van der Waals surface area contributed by atoms with Gasteiger partial charge in [0.25, 0.3) is 0 Å². The van der Waals surface area contributed by atoms with Gasteiger partial charge in [0.2, 0.25) is 0 Å². The lowest BCUT2D eigenvalue weighted by atomic mass is 10.1. The molecule has 5 nitrogen and oxygen atoms in total. The first-order chi connectivity index (χ1) is 11.7. The molecule has 0 aliphatic heterocycles. The highest BCUT2D eigenvalue weighted by atomic mass is 35.5. The van der Waals surface area contributed by atoms with Gasteiger partial charge in [-0.05, 0) is 22.8 Å². The number of nitrogens with one attached hydrogen (secondary N) is 1. The van der Waals surface area contributed by atoms with E-state index in [9.17, 15) is 4.79 Å². The number of aromatic nitrogens is 2. The van der Waals surface area contributed by atoms with Crippen LogP contribution >= 0.6 is 22.9 Å². The van der Waals surface area contributed by atoms with Gasteiger partial charge in [0, 0.05) is 18.9 Å². The fraction of sp³-hybridized carbons (Fsp3) is 0.118. The molecule has 0 radical (unpaired) electrons. The number of pyridine rings is 1. The van der Waals surface area contributed by atoms with E-state index >= 15 is 0 Å². The maximum Gasteiger partial charge on any atom is 0.351 e. The van der Waals surface area contributed by atoms with Crippen molar-refractivity contribution in [1.82, 2.24) is 9.97 Å². The SMILES string of the molecule is COC(=O)c1sc(NCc2ccc(-c3cccnc3)cc2)nc1Cl. The summed E-state index contributed by atoms with van der Waals surface area (Å²) in [6.07, 6.45) is 3.59. The van der Waals surface area contributed by atoms with Crippen LogP contribution in [-0.4, -0.2) is 23.0 Å². The van der Waals surface area contributed by atoms with Crippen molar-refractivity contribution in [2.75, 3.05) is 12.4 Å². The van der Waals surface area contributed by atoms with Gasteiger partial charge >= 0.3 is 5.97 Å². The lowest BCUT2D eigenvalue weighted by Crippen LogP contribution is -1.98. The Morgan fingerprint density at radius 2 is 2.04 bits per heavy atom. The van der Waals surface area contributed by atoms with Crippen LogP contribution in [0.5, 0.6) is 0 Å². The van der Waals surface area contributed by atoms with E-state index in [0.29, 0.717) is 16.6 Å². The second-order valence-electron chi connectivity index (χ2n) is 4.92.